The van der Waals surface area contributed by atoms with Crippen molar-refractivity contribution in [3.8, 4) is 22.9 Å². The Kier molecular flexibility index (Phi) is 7.12. The lowest BCUT2D eigenvalue weighted by molar-refractivity contribution is 0.201. The van der Waals surface area contributed by atoms with E-state index in [1.807, 2.05) is 30.3 Å². The van der Waals surface area contributed by atoms with E-state index in [0.717, 1.165) is 24.0 Å². The number of aliphatic hydroxyl groups is 2. The molecule has 1 unspecified atom stereocenters. The van der Waals surface area contributed by atoms with Crippen LogP contribution in [0, 0.1) is 0 Å². The van der Waals surface area contributed by atoms with Crippen molar-refractivity contribution >= 4 is 11.5 Å². The van der Waals surface area contributed by atoms with Crippen molar-refractivity contribution in [2.45, 2.75) is 38.8 Å². The standard InChI is InChI=1S/C25H28N4O5/c1-4-5-9-21-27-24(30)18(14-16-10-12-17(13-11-16)23-26-15-34-28-23)25(31)29(21)22-19(32-2)7-6-8-20(22)33-3/h6-8,10-13,15,25,30-31H,4-5,9,14H2,1-3H3. The van der Waals surface area contributed by atoms with Crippen molar-refractivity contribution in [1.82, 2.24) is 10.1 Å². The number of unbranched alkanes of at least 4 members (excludes halogenated alkanes) is 1. The SMILES string of the molecule is CCCCC1=NC(O)=C(Cc2ccc(-c3ncon3)cc2)C(O)N1c1c(OC)cccc1OC. The molecule has 0 spiro atoms. The molecular formula is C25H28N4O5. The minimum absolute atomic E-state index is 0.175. The molecule has 0 radical (unpaired) electrons. The van der Waals surface area contributed by atoms with Gasteiger partial charge in [-0.3, -0.25) is 4.90 Å². The van der Waals surface area contributed by atoms with Crippen molar-refractivity contribution in [3.05, 3.63) is 65.9 Å². The van der Waals surface area contributed by atoms with Crippen LogP contribution in [0.2, 0.25) is 0 Å². The first-order valence-corrected chi connectivity index (χ1v) is 11.1. The Balaban J connectivity index is 1.71. The molecule has 1 aliphatic rings. The fourth-order valence-electron chi connectivity index (χ4n) is 3.95. The highest BCUT2D eigenvalue weighted by Crippen LogP contribution is 2.42. The second-order valence-electron chi connectivity index (χ2n) is 7.86. The van der Waals surface area contributed by atoms with E-state index in [1.165, 1.54) is 6.39 Å². The van der Waals surface area contributed by atoms with Crippen molar-refractivity contribution < 1.29 is 24.2 Å². The van der Waals surface area contributed by atoms with E-state index in [9.17, 15) is 10.2 Å². The van der Waals surface area contributed by atoms with Crippen molar-refractivity contribution in [2.24, 2.45) is 4.99 Å². The number of para-hydroxylation sites is 1. The van der Waals surface area contributed by atoms with Gasteiger partial charge in [-0.15, -0.1) is 0 Å². The lowest BCUT2D eigenvalue weighted by Crippen LogP contribution is -2.45. The number of hydrogen-bond acceptors (Lipinski definition) is 9. The number of methoxy groups -OCH3 is 2. The lowest BCUT2D eigenvalue weighted by atomic mass is 9.99. The van der Waals surface area contributed by atoms with E-state index in [1.54, 1.807) is 31.3 Å². The largest absolute Gasteiger partial charge is 0.494 e. The fraction of sp³-hybridized carbons (Fsp3) is 0.320. The summed E-state index contributed by atoms with van der Waals surface area (Å²) >= 11 is 0. The Morgan fingerprint density at radius 1 is 1.06 bits per heavy atom. The van der Waals surface area contributed by atoms with Gasteiger partial charge in [-0.1, -0.05) is 48.8 Å². The number of anilines is 1. The highest BCUT2D eigenvalue weighted by molar-refractivity contribution is 6.02. The molecule has 178 valence electrons. The Labute approximate surface area is 198 Å². The second-order valence-corrected chi connectivity index (χ2v) is 7.86. The molecule has 9 heteroatoms. The number of amidine groups is 1. The van der Waals surface area contributed by atoms with Gasteiger partial charge in [0, 0.05) is 24.0 Å². The van der Waals surface area contributed by atoms with E-state index in [4.69, 9.17) is 14.0 Å². The maximum absolute atomic E-state index is 11.5. The smallest absolute Gasteiger partial charge is 0.216 e. The van der Waals surface area contributed by atoms with Crippen LogP contribution in [0.1, 0.15) is 31.7 Å². The van der Waals surface area contributed by atoms with Crippen LogP contribution in [0.4, 0.5) is 5.69 Å². The summed E-state index contributed by atoms with van der Waals surface area (Å²) in [6, 6.07) is 12.9. The minimum Gasteiger partial charge on any atom is -0.494 e. The molecule has 9 nitrogen and oxygen atoms in total. The van der Waals surface area contributed by atoms with Crippen molar-refractivity contribution in [3.63, 3.8) is 0 Å². The van der Waals surface area contributed by atoms with Gasteiger partial charge >= 0.3 is 0 Å². The molecule has 4 rings (SSSR count). The summed E-state index contributed by atoms with van der Waals surface area (Å²) in [5.74, 6) is 1.93. The van der Waals surface area contributed by atoms with E-state index >= 15 is 0 Å². The van der Waals surface area contributed by atoms with Crippen molar-refractivity contribution in [2.75, 3.05) is 19.1 Å². The average molecular weight is 465 g/mol. The van der Waals surface area contributed by atoms with E-state index in [2.05, 4.69) is 22.1 Å². The first kappa shape index (κ1) is 23.3. The number of rotatable bonds is 9. The number of benzene rings is 2. The van der Waals surface area contributed by atoms with Crippen LogP contribution < -0.4 is 14.4 Å². The van der Waals surface area contributed by atoms with Crippen LogP contribution in [0.15, 0.2) is 69.8 Å². The summed E-state index contributed by atoms with van der Waals surface area (Å²) in [5, 5.41) is 26.2. The third-order valence-corrected chi connectivity index (χ3v) is 5.72. The third kappa shape index (κ3) is 4.60. The van der Waals surface area contributed by atoms with Gasteiger partial charge in [0.15, 0.2) is 6.23 Å². The zero-order valence-corrected chi connectivity index (χ0v) is 19.4. The molecule has 2 N–H and O–H groups in total. The molecule has 0 fully saturated rings. The molecule has 0 saturated heterocycles. The molecule has 1 aliphatic heterocycles. The van der Waals surface area contributed by atoms with Gasteiger partial charge in [0.25, 0.3) is 0 Å². The molecule has 0 aliphatic carbocycles. The second kappa shape index (κ2) is 10.4. The number of hydrogen-bond donors (Lipinski definition) is 2. The van der Waals surface area contributed by atoms with Gasteiger partial charge in [-0.05, 0) is 24.1 Å². The highest BCUT2D eigenvalue weighted by atomic mass is 16.5. The zero-order chi connectivity index (χ0) is 24.1. The highest BCUT2D eigenvalue weighted by Gasteiger charge is 2.35. The van der Waals surface area contributed by atoms with Gasteiger partial charge in [-0.25, -0.2) is 4.99 Å². The van der Waals surface area contributed by atoms with Gasteiger partial charge in [0.1, 0.15) is 23.0 Å². The molecule has 2 aromatic carbocycles. The van der Waals surface area contributed by atoms with Crippen LogP contribution >= 0.6 is 0 Å². The number of aromatic nitrogens is 2. The van der Waals surface area contributed by atoms with Crippen LogP contribution in [-0.2, 0) is 6.42 Å². The van der Waals surface area contributed by atoms with E-state index in [0.29, 0.717) is 40.8 Å². The first-order valence-electron chi connectivity index (χ1n) is 11.1. The van der Waals surface area contributed by atoms with Crippen LogP contribution in [0.3, 0.4) is 0 Å². The topological polar surface area (TPSA) is 113 Å². The normalized spacial score (nSPS) is 15.9. The third-order valence-electron chi connectivity index (χ3n) is 5.72. The number of aliphatic hydroxyl groups excluding tert-OH is 2. The zero-order valence-electron chi connectivity index (χ0n) is 19.4. The van der Waals surface area contributed by atoms with Crippen molar-refractivity contribution in [1.29, 1.82) is 0 Å². The predicted molar refractivity (Wildman–Crippen MR) is 128 cm³/mol. The molecule has 0 amide bonds. The maximum atomic E-state index is 11.5. The summed E-state index contributed by atoms with van der Waals surface area (Å²) in [7, 11) is 3.13. The van der Waals surface area contributed by atoms with E-state index < -0.39 is 6.23 Å². The summed E-state index contributed by atoms with van der Waals surface area (Å²) in [5.41, 5.74) is 2.62. The number of aliphatic imine (C=N–C) groups is 1. The van der Waals surface area contributed by atoms with Crippen LogP contribution in [-0.4, -0.2) is 46.6 Å². The molecule has 2 heterocycles. The Hall–Kier alpha value is -3.85. The predicted octanol–water partition coefficient (Wildman–Crippen LogP) is 4.49. The minimum atomic E-state index is -1.16. The van der Waals surface area contributed by atoms with Gasteiger partial charge in [0.05, 0.1) is 14.2 Å². The molecule has 1 atom stereocenters. The summed E-state index contributed by atoms with van der Waals surface area (Å²) < 4.78 is 16.0. The Morgan fingerprint density at radius 3 is 2.35 bits per heavy atom. The summed E-state index contributed by atoms with van der Waals surface area (Å²) in [6.45, 7) is 2.08. The van der Waals surface area contributed by atoms with Gasteiger partial charge in [0.2, 0.25) is 18.1 Å². The fourth-order valence-corrected chi connectivity index (χ4v) is 3.95. The Bertz CT molecular complexity index is 1150. The van der Waals surface area contributed by atoms with Crippen LogP contribution in [0.5, 0.6) is 11.5 Å². The number of nitrogens with zero attached hydrogens (tertiary/aromatic N) is 4. The molecule has 3 aromatic rings. The monoisotopic (exact) mass is 464 g/mol. The van der Waals surface area contributed by atoms with Gasteiger partial charge < -0.3 is 24.2 Å². The van der Waals surface area contributed by atoms with Crippen LogP contribution in [0.25, 0.3) is 11.4 Å². The lowest BCUT2D eigenvalue weighted by Gasteiger charge is -2.36. The van der Waals surface area contributed by atoms with Gasteiger partial charge in [-0.2, -0.15) is 4.98 Å². The Morgan fingerprint density at radius 2 is 1.76 bits per heavy atom. The molecular weight excluding hydrogens is 436 g/mol. The molecule has 34 heavy (non-hydrogen) atoms. The first-order chi connectivity index (χ1) is 16.6. The summed E-state index contributed by atoms with van der Waals surface area (Å²) in [6.07, 6.45) is 2.77. The van der Waals surface area contributed by atoms with E-state index in [-0.39, 0.29) is 12.3 Å². The maximum Gasteiger partial charge on any atom is 0.216 e. The molecule has 0 bridgehead atoms. The summed E-state index contributed by atoms with van der Waals surface area (Å²) in [4.78, 5) is 10.2. The molecule has 0 saturated carbocycles. The molecule has 1 aromatic heterocycles. The quantitative estimate of drug-likeness (QED) is 0.476. The average Bonchev–Trinajstić information content (AvgIpc) is 3.40. The number of ether oxygens (including phenoxy) is 2.